The van der Waals surface area contributed by atoms with Crippen molar-refractivity contribution >= 4 is 11.3 Å². The highest BCUT2D eigenvalue weighted by molar-refractivity contribution is 7.09. The van der Waals surface area contributed by atoms with Crippen LogP contribution in [0.4, 0.5) is 0 Å². The van der Waals surface area contributed by atoms with Crippen molar-refractivity contribution in [2.24, 2.45) is 5.73 Å². The van der Waals surface area contributed by atoms with Crippen molar-refractivity contribution in [2.45, 2.75) is 19.0 Å². The highest BCUT2D eigenvalue weighted by atomic mass is 32.1. The van der Waals surface area contributed by atoms with E-state index in [2.05, 4.69) is 41.9 Å². The van der Waals surface area contributed by atoms with Gasteiger partial charge in [0, 0.05) is 18.0 Å². The third kappa shape index (κ3) is 3.40. The zero-order valence-electron chi connectivity index (χ0n) is 10.0. The van der Waals surface area contributed by atoms with Crippen molar-refractivity contribution in [1.29, 1.82) is 0 Å². The zero-order chi connectivity index (χ0) is 12.1. The zero-order valence-corrected chi connectivity index (χ0v) is 10.8. The number of hydrogen-bond acceptors (Lipinski definition) is 3. The predicted molar refractivity (Wildman–Crippen MR) is 74.0 cm³/mol. The topological polar surface area (TPSA) is 38.0 Å². The van der Waals surface area contributed by atoms with Crippen LogP contribution in [0.5, 0.6) is 0 Å². The summed E-state index contributed by atoms with van der Waals surface area (Å²) in [5, 5.41) is 5.51. The van der Waals surface area contributed by atoms with Crippen LogP contribution >= 0.6 is 11.3 Å². The first kappa shape index (κ1) is 12.3. The van der Waals surface area contributed by atoms with Crippen molar-refractivity contribution in [3.63, 3.8) is 0 Å². The van der Waals surface area contributed by atoms with E-state index >= 15 is 0 Å². The number of nitrogens with two attached hydrogens (primary N) is 1. The smallest absolute Gasteiger partial charge is 0.0507 e. The van der Waals surface area contributed by atoms with Gasteiger partial charge < -0.3 is 11.1 Å². The molecule has 0 radical (unpaired) electrons. The van der Waals surface area contributed by atoms with Crippen molar-refractivity contribution in [3.05, 3.63) is 58.3 Å². The van der Waals surface area contributed by atoms with Crippen LogP contribution in [-0.2, 0) is 12.1 Å². The van der Waals surface area contributed by atoms with Crippen LogP contribution in [0.3, 0.4) is 0 Å². The van der Waals surface area contributed by atoms with E-state index in [1.807, 2.05) is 18.2 Å². The maximum atomic E-state index is 6.32. The molecule has 0 bridgehead atoms. The van der Waals surface area contributed by atoms with Gasteiger partial charge in [0.25, 0.3) is 0 Å². The molecule has 3 N–H and O–H groups in total. The van der Waals surface area contributed by atoms with Crippen molar-refractivity contribution in [3.8, 4) is 0 Å². The van der Waals surface area contributed by atoms with Crippen LogP contribution in [0.2, 0.25) is 0 Å². The van der Waals surface area contributed by atoms with E-state index in [4.69, 9.17) is 5.73 Å². The molecule has 0 amide bonds. The quantitative estimate of drug-likeness (QED) is 0.851. The monoisotopic (exact) mass is 246 g/mol. The molecule has 0 fully saturated rings. The first-order chi connectivity index (χ1) is 8.18. The highest BCUT2D eigenvalue weighted by Gasteiger charge is 2.19. The standard InChI is InChI=1S/C14H18N2S/c1-14(15,12-6-3-2-4-7-12)11-16-10-13-8-5-9-17-13/h2-9,16H,10-11,15H2,1H3. The lowest BCUT2D eigenvalue weighted by Gasteiger charge is -2.25. The Hall–Kier alpha value is -1.16. The number of rotatable bonds is 5. The summed E-state index contributed by atoms with van der Waals surface area (Å²) in [6.45, 7) is 3.72. The van der Waals surface area contributed by atoms with Gasteiger partial charge in [0.15, 0.2) is 0 Å². The molecule has 1 unspecified atom stereocenters. The van der Waals surface area contributed by atoms with Crippen molar-refractivity contribution < 1.29 is 0 Å². The molecule has 90 valence electrons. The van der Waals surface area contributed by atoms with E-state index in [1.165, 1.54) is 10.4 Å². The Morgan fingerprint density at radius 1 is 1.18 bits per heavy atom. The van der Waals surface area contributed by atoms with E-state index in [0.717, 1.165) is 13.1 Å². The molecule has 0 aliphatic heterocycles. The Balaban J connectivity index is 1.90. The molecule has 0 saturated carbocycles. The van der Waals surface area contributed by atoms with E-state index in [0.29, 0.717) is 0 Å². The fourth-order valence-electron chi connectivity index (χ4n) is 1.78. The largest absolute Gasteiger partial charge is 0.321 e. The van der Waals surface area contributed by atoms with Gasteiger partial charge in [-0.2, -0.15) is 0 Å². The van der Waals surface area contributed by atoms with Crippen LogP contribution < -0.4 is 11.1 Å². The minimum Gasteiger partial charge on any atom is -0.321 e. The van der Waals surface area contributed by atoms with Gasteiger partial charge in [-0.1, -0.05) is 36.4 Å². The fraction of sp³-hybridized carbons (Fsp3) is 0.286. The molecule has 1 aromatic heterocycles. The predicted octanol–water partition coefficient (Wildman–Crippen LogP) is 2.71. The number of hydrogen-bond donors (Lipinski definition) is 2. The molecular weight excluding hydrogens is 228 g/mol. The minimum atomic E-state index is -0.321. The lowest BCUT2D eigenvalue weighted by Crippen LogP contribution is -2.43. The normalized spacial score (nSPS) is 14.5. The van der Waals surface area contributed by atoms with E-state index in [9.17, 15) is 0 Å². The van der Waals surface area contributed by atoms with Gasteiger partial charge in [-0.25, -0.2) is 0 Å². The first-order valence-electron chi connectivity index (χ1n) is 5.76. The second-order valence-electron chi connectivity index (χ2n) is 4.47. The molecule has 3 heteroatoms. The molecule has 0 saturated heterocycles. The SMILES string of the molecule is CC(N)(CNCc1cccs1)c1ccccc1. The minimum absolute atomic E-state index is 0.321. The Morgan fingerprint density at radius 2 is 1.94 bits per heavy atom. The fourth-order valence-corrected chi connectivity index (χ4v) is 2.45. The average Bonchev–Trinajstić information content (AvgIpc) is 2.83. The summed E-state index contributed by atoms with van der Waals surface area (Å²) in [7, 11) is 0. The maximum Gasteiger partial charge on any atom is 0.0507 e. The molecule has 1 heterocycles. The van der Waals surface area contributed by atoms with Gasteiger partial charge in [-0.05, 0) is 23.9 Å². The number of thiophene rings is 1. The molecule has 2 aromatic rings. The van der Waals surface area contributed by atoms with Crippen LogP contribution in [0.1, 0.15) is 17.4 Å². The summed E-state index contributed by atoms with van der Waals surface area (Å²) < 4.78 is 0. The molecule has 2 nitrogen and oxygen atoms in total. The van der Waals surface area contributed by atoms with Gasteiger partial charge in [0.1, 0.15) is 0 Å². The van der Waals surface area contributed by atoms with Crippen LogP contribution in [0.15, 0.2) is 47.8 Å². The first-order valence-corrected chi connectivity index (χ1v) is 6.64. The number of benzene rings is 1. The molecule has 1 atom stereocenters. The summed E-state index contributed by atoms with van der Waals surface area (Å²) in [5.74, 6) is 0. The molecule has 1 aromatic carbocycles. The van der Waals surface area contributed by atoms with E-state index in [1.54, 1.807) is 11.3 Å². The van der Waals surface area contributed by atoms with Gasteiger partial charge >= 0.3 is 0 Å². The lowest BCUT2D eigenvalue weighted by molar-refractivity contribution is 0.447. The molecule has 0 spiro atoms. The van der Waals surface area contributed by atoms with Crippen LogP contribution in [0, 0.1) is 0 Å². The van der Waals surface area contributed by atoms with Crippen molar-refractivity contribution in [1.82, 2.24) is 5.32 Å². The van der Waals surface area contributed by atoms with Gasteiger partial charge in [-0.15, -0.1) is 11.3 Å². The second kappa shape index (κ2) is 5.45. The Labute approximate surface area is 106 Å². The summed E-state index contributed by atoms with van der Waals surface area (Å²) in [5.41, 5.74) is 7.16. The summed E-state index contributed by atoms with van der Waals surface area (Å²) >= 11 is 1.77. The molecule has 2 rings (SSSR count). The highest BCUT2D eigenvalue weighted by Crippen LogP contribution is 2.16. The second-order valence-corrected chi connectivity index (χ2v) is 5.50. The van der Waals surface area contributed by atoms with E-state index in [-0.39, 0.29) is 5.54 Å². The Morgan fingerprint density at radius 3 is 2.59 bits per heavy atom. The van der Waals surface area contributed by atoms with Gasteiger partial charge in [0.2, 0.25) is 0 Å². The molecule has 17 heavy (non-hydrogen) atoms. The summed E-state index contributed by atoms with van der Waals surface area (Å²) in [6, 6.07) is 14.4. The van der Waals surface area contributed by atoms with Crippen molar-refractivity contribution in [2.75, 3.05) is 6.54 Å². The maximum absolute atomic E-state index is 6.32. The third-order valence-electron chi connectivity index (χ3n) is 2.80. The molecule has 0 aliphatic rings. The number of nitrogens with one attached hydrogen (secondary N) is 1. The summed E-state index contributed by atoms with van der Waals surface area (Å²) in [6.07, 6.45) is 0. The Bertz CT molecular complexity index is 435. The lowest BCUT2D eigenvalue weighted by atomic mass is 9.93. The van der Waals surface area contributed by atoms with Crippen LogP contribution in [0.25, 0.3) is 0 Å². The van der Waals surface area contributed by atoms with Gasteiger partial charge in [-0.3, -0.25) is 0 Å². The van der Waals surface area contributed by atoms with Gasteiger partial charge in [0.05, 0.1) is 5.54 Å². The Kier molecular flexibility index (Phi) is 3.94. The van der Waals surface area contributed by atoms with Crippen LogP contribution in [-0.4, -0.2) is 6.54 Å². The third-order valence-corrected chi connectivity index (χ3v) is 3.68. The summed E-state index contributed by atoms with van der Waals surface area (Å²) in [4.78, 5) is 1.34. The molecular formula is C14H18N2S. The molecule has 0 aliphatic carbocycles. The van der Waals surface area contributed by atoms with E-state index < -0.39 is 0 Å². The average molecular weight is 246 g/mol.